The Morgan fingerprint density at radius 1 is 1.00 bits per heavy atom. The highest BCUT2D eigenvalue weighted by molar-refractivity contribution is 5.90. The van der Waals surface area contributed by atoms with Crippen molar-refractivity contribution in [3.8, 4) is 0 Å². The number of piperazine rings is 1. The summed E-state index contributed by atoms with van der Waals surface area (Å²) in [5.74, 6) is 0. The van der Waals surface area contributed by atoms with Crippen molar-refractivity contribution in [2.45, 2.75) is 19.5 Å². The van der Waals surface area contributed by atoms with Crippen LogP contribution < -0.4 is 10.2 Å². The molecule has 0 atom stereocenters. The second kappa shape index (κ2) is 7.90. The van der Waals surface area contributed by atoms with E-state index in [1.807, 2.05) is 31.2 Å². The second-order valence-electron chi connectivity index (χ2n) is 6.43. The standard InChI is InChI=1S/C20H22F3N3O/c1-2-15-7-3-5-9-17(15)24-19(27)26-13-11-25(12-14-26)18-10-6-4-8-16(18)20(21,22)23/h3-10H,2,11-14H2,1H3,(H,24,27). The van der Waals surface area contributed by atoms with E-state index in [2.05, 4.69) is 5.32 Å². The predicted molar refractivity (Wildman–Crippen MR) is 100 cm³/mol. The summed E-state index contributed by atoms with van der Waals surface area (Å²) in [5.41, 5.74) is 1.35. The number of nitrogens with one attached hydrogen (secondary N) is 1. The number of alkyl halides is 3. The number of rotatable bonds is 3. The fourth-order valence-corrected chi connectivity index (χ4v) is 3.28. The van der Waals surface area contributed by atoms with Gasteiger partial charge in [0.25, 0.3) is 0 Å². The zero-order valence-corrected chi connectivity index (χ0v) is 15.1. The van der Waals surface area contributed by atoms with Crippen LogP contribution in [0.3, 0.4) is 0 Å². The summed E-state index contributed by atoms with van der Waals surface area (Å²) in [6.07, 6.45) is -3.59. The Kier molecular flexibility index (Phi) is 5.58. The molecule has 3 rings (SSSR count). The van der Waals surface area contributed by atoms with E-state index >= 15 is 0 Å². The molecule has 2 aromatic carbocycles. The van der Waals surface area contributed by atoms with Crippen molar-refractivity contribution in [1.82, 2.24) is 4.90 Å². The minimum Gasteiger partial charge on any atom is -0.367 e. The van der Waals surface area contributed by atoms with Gasteiger partial charge in [-0.25, -0.2) is 4.79 Å². The Morgan fingerprint density at radius 3 is 2.30 bits per heavy atom. The molecular weight excluding hydrogens is 355 g/mol. The van der Waals surface area contributed by atoms with Crippen molar-refractivity contribution in [2.75, 3.05) is 36.4 Å². The largest absolute Gasteiger partial charge is 0.418 e. The highest BCUT2D eigenvalue weighted by Crippen LogP contribution is 2.36. The first kappa shape index (κ1) is 19.1. The van der Waals surface area contributed by atoms with E-state index < -0.39 is 11.7 Å². The number of anilines is 2. The number of urea groups is 1. The van der Waals surface area contributed by atoms with Crippen LogP contribution in [0.5, 0.6) is 0 Å². The van der Waals surface area contributed by atoms with E-state index in [0.717, 1.165) is 23.7 Å². The first-order valence-corrected chi connectivity index (χ1v) is 8.95. The van der Waals surface area contributed by atoms with Crippen molar-refractivity contribution in [2.24, 2.45) is 0 Å². The molecule has 1 aliphatic rings. The van der Waals surface area contributed by atoms with Crippen LogP contribution in [0.25, 0.3) is 0 Å². The molecule has 0 radical (unpaired) electrons. The molecule has 0 unspecified atom stereocenters. The molecule has 1 heterocycles. The molecule has 1 fully saturated rings. The van der Waals surface area contributed by atoms with Gasteiger partial charge in [-0.05, 0) is 30.2 Å². The normalized spacial score (nSPS) is 15.0. The van der Waals surface area contributed by atoms with Crippen LogP contribution in [-0.4, -0.2) is 37.1 Å². The third kappa shape index (κ3) is 4.35. The van der Waals surface area contributed by atoms with Gasteiger partial charge < -0.3 is 15.1 Å². The number of nitrogens with zero attached hydrogens (tertiary/aromatic N) is 2. The molecule has 4 nitrogen and oxygen atoms in total. The van der Waals surface area contributed by atoms with E-state index in [9.17, 15) is 18.0 Å². The molecule has 2 aromatic rings. The molecule has 0 spiro atoms. The fourth-order valence-electron chi connectivity index (χ4n) is 3.28. The van der Waals surface area contributed by atoms with Gasteiger partial charge in [0.15, 0.2) is 0 Å². The van der Waals surface area contributed by atoms with Crippen LogP contribution in [0.15, 0.2) is 48.5 Å². The smallest absolute Gasteiger partial charge is 0.367 e. The van der Waals surface area contributed by atoms with Gasteiger partial charge in [-0.1, -0.05) is 37.3 Å². The average Bonchev–Trinajstić information content (AvgIpc) is 2.68. The first-order valence-electron chi connectivity index (χ1n) is 8.95. The lowest BCUT2D eigenvalue weighted by molar-refractivity contribution is -0.137. The van der Waals surface area contributed by atoms with Gasteiger partial charge >= 0.3 is 12.2 Å². The van der Waals surface area contributed by atoms with Gasteiger partial charge in [-0.2, -0.15) is 13.2 Å². The van der Waals surface area contributed by atoms with Crippen LogP contribution in [0.4, 0.5) is 29.3 Å². The Morgan fingerprint density at radius 2 is 1.63 bits per heavy atom. The van der Waals surface area contributed by atoms with Crippen LogP contribution in [0, 0.1) is 0 Å². The van der Waals surface area contributed by atoms with Crippen molar-refractivity contribution < 1.29 is 18.0 Å². The van der Waals surface area contributed by atoms with Crippen LogP contribution >= 0.6 is 0 Å². The fraction of sp³-hybridized carbons (Fsp3) is 0.350. The Balaban J connectivity index is 1.65. The minimum absolute atomic E-state index is 0.168. The van der Waals surface area contributed by atoms with Crippen LogP contribution in [0.1, 0.15) is 18.1 Å². The number of amides is 2. The quantitative estimate of drug-likeness (QED) is 0.847. The molecule has 0 bridgehead atoms. The van der Waals surface area contributed by atoms with Gasteiger partial charge in [-0.15, -0.1) is 0 Å². The molecule has 144 valence electrons. The SMILES string of the molecule is CCc1ccccc1NC(=O)N1CCN(c2ccccc2C(F)(F)F)CC1. The Labute approximate surface area is 156 Å². The van der Waals surface area contributed by atoms with Crippen LogP contribution in [0.2, 0.25) is 0 Å². The Bertz CT molecular complexity index is 799. The number of halogens is 3. The lowest BCUT2D eigenvalue weighted by Crippen LogP contribution is -2.50. The van der Waals surface area contributed by atoms with Crippen molar-refractivity contribution in [1.29, 1.82) is 0 Å². The number of carbonyl (C=O) groups excluding carboxylic acids is 1. The molecule has 7 heteroatoms. The predicted octanol–water partition coefficient (Wildman–Crippen LogP) is 4.62. The van der Waals surface area contributed by atoms with Gasteiger partial charge in [-0.3, -0.25) is 0 Å². The Hall–Kier alpha value is -2.70. The molecule has 0 aliphatic carbocycles. The number of hydrogen-bond acceptors (Lipinski definition) is 2. The molecule has 2 amide bonds. The van der Waals surface area contributed by atoms with Gasteiger partial charge in [0.1, 0.15) is 0 Å². The maximum Gasteiger partial charge on any atom is 0.418 e. The summed E-state index contributed by atoms with van der Waals surface area (Å²) in [5, 5.41) is 2.91. The number of aryl methyl sites for hydroxylation is 1. The summed E-state index contributed by atoms with van der Waals surface area (Å²) in [6, 6.07) is 12.9. The molecular formula is C20H22F3N3O. The number of hydrogen-bond donors (Lipinski definition) is 1. The first-order chi connectivity index (χ1) is 12.9. The van der Waals surface area contributed by atoms with Crippen LogP contribution in [-0.2, 0) is 12.6 Å². The monoisotopic (exact) mass is 377 g/mol. The van der Waals surface area contributed by atoms with Gasteiger partial charge in [0.2, 0.25) is 0 Å². The summed E-state index contributed by atoms with van der Waals surface area (Å²) in [7, 11) is 0. The highest BCUT2D eigenvalue weighted by atomic mass is 19.4. The van der Waals surface area contributed by atoms with Crippen molar-refractivity contribution >= 4 is 17.4 Å². The molecule has 1 saturated heterocycles. The summed E-state index contributed by atoms with van der Waals surface area (Å²) >= 11 is 0. The highest BCUT2D eigenvalue weighted by Gasteiger charge is 2.35. The molecule has 1 aliphatic heterocycles. The van der Waals surface area contributed by atoms with Crippen molar-refractivity contribution in [3.05, 3.63) is 59.7 Å². The summed E-state index contributed by atoms with van der Waals surface area (Å²) in [4.78, 5) is 15.8. The number of para-hydroxylation sites is 2. The van der Waals surface area contributed by atoms with E-state index in [1.54, 1.807) is 15.9 Å². The third-order valence-electron chi connectivity index (χ3n) is 4.76. The molecule has 27 heavy (non-hydrogen) atoms. The maximum absolute atomic E-state index is 13.2. The van der Waals surface area contributed by atoms with E-state index in [1.165, 1.54) is 12.1 Å². The molecule has 1 N–H and O–H groups in total. The topological polar surface area (TPSA) is 35.6 Å². The molecule has 0 aromatic heterocycles. The lowest BCUT2D eigenvalue weighted by atomic mass is 10.1. The minimum atomic E-state index is -4.39. The number of carbonyl (C=O) groups is 1. The lowest BCUT2D eigenvalue weighted by Gasteiger charge is -2.37. The summed E-state index contributed by atoms with van der Waals surface area (Å²) in [6.45, 7) is 3.46. The van der Waals surface area contributed by atoms with Gasteiger partial charge in [0, 0.05) is 37.6 Å². The average molecular weight is 377 g/mol. The third-order valence-corrected chi connectivity index (χ3v) is 4.76. The van der Waals surface area contributed by atoms with E-state index in [-0.39, 0.29) is 11.7 Å². The second-order valence-corrected chi connectivity index (χ2v) is 6.43. The van der Waals surface area contributed by atoms with Crippen molar-refractivity contribution in [3.63, 3.8) is 0 Å². The molecule has 0 saturated carbocycles. The maximum atomic E-state index is 13.2. The number of benzene rings is 2. The van der Waals surface area contributed by atoms with Gasteiger partial charge in [0.05, 0.1) is 5.56 Å². The summed E-state index contributed by atoms with van der Waals surface area (Å²) < 4.78 is 39.7. The zero-order valence-electron chi connectivity index (χ0n) is 15.1. The zero-order chi connectivity index (χ0) is 19.4. The van der Waals surface area contributed by atoms with E-state index in [0.29, 0.717) is 26.2 Å². The van der Waals surface area contributed by atoms with E-state index in [4.69, 9.17) is 0 Å².